The van der Waals surface area contributed by atoms with Crippen molar-refractivity contribution in [1.82, 2.24) is 0 Å². The Balaban J connectivity index is 0. The molecule has 0 bridgehead atoms. The van der Waals surface area contributed by atoms with Crippen LogP contribution in [0.1, 0.15) is 79.1 Å². The van der Waals surface area contributed by atoms with E-state index in [1.54, 1.807) is 0 Å². The Hall–Kier alpha value is -1.63. The number of rotatable bonds is 13. The van der Waals surface area contributed by atoms with Crippen molar-refractivity contribution in [2.75, 3.05) is 0 Å². The summed E-state index contributed by atoms with van der Waals surface area (Å²) in [7, 11) is 0. The molecular weight excluding hydrogens is 319 g/mol. The maximum atomic E-state index is 14.4. The Bertz CT molecular complexity index is 504. The summed E-state index contributed by atoms with van der Waals surface area (Å²) < 4.78 is 14.4. The van der Waals surface area contributed by atoms with Crippen molar-refractivity contribution in [3.8, 4) is 0 Å². The molecule has 0 aromatic carbocycles. The zero-order valence-electron chi connectivity index (χ0n) is 17.9. The predicted molar refractivity (Wildman–Crippen MR) is 119 cm³/mol. The quantitative estimate of drug-likeness (QED) is 0.227. The first-order chi connectivity index (χ1) is 12.1. The van der Waals surface area contributed by atoms with Crippen molar-refractivity contribution >= 4 is 0 Å². The minimum absolute atomic E-state index is 0.240. The molecule has 0 amide bonds. The third-order valence-corrected chi connectivity index (χ3v) is 4.32. The molecule has 0 aliphatic heterocycles. The van der Waals surface area contributed by atoms with Crippen molar-refractivity contribution in [1.29, 1.82) is 0 Å². The van der Waals surface area contributed by atoms with Crippen LogP contribution in [-0.2, 0) is 0 Å². The summed E-state index contributed by atoms with van der Waals surface area (Å²) in [6.45, 7) is 32.2. The van der Waals surface area contributed by atoms with Gasteiger partial charge in [0, 0.05) is 6.42 Å². The molecule has 1 unspecified atom stereocenters. The molecule has 0 spiro atoms. The summed E-state index contributed by atoms with van der Waals surface area (Å²) in [5.74, 6) is 0. The summed E-state index contributed by atoms with van der Waals surface area (Å²) >= 11 is 0. The van der Waals surface area contributed by atoms with Crippen LogP contribution in [0.4, 0.5) is 4.39 Å². The van der Waals surface area contributed by atoms with Crippen LogP contribution in [0.15, 0.2) is 72.9 Å². The van der Waals surface area contributed by atoms with E-state index < -0.39 is 6.17 Å². The van der Waals surface area contributed by atoms with Crippen LogP contribution in [0.2, 0.25) is 0 Å². The van der Waals surface area contributed by atoms with Crippen molar-refractivity contribution in [2.45, 2.75) is 85.2 Å². The van der Waals surface area contributed by atoms with Gasteiger partial charge in [0.05, 0.1) is 0 Å². The van der Waals surface area contributed by atoms with Gasteiger partial charge in [0.15, 0.2) is 0 Å². The molecule has 0 aliphatic carbocycles. The van der Waals surface area contributed by atoms with Gasteiger partial charge in [-0.3, -0.25) is 0 Å². The third-order valence-electron chi connectivity index (χ3n) is 4.32. The van der Waals surface area contributed by atoms with Gasteiger partial charge < -0.3 is 0 Å². The molecule has 0 aromatic heterocycles. The van der Waals surface area contributed by atoms with Crippen LogP contribution in [-0.4, -0.2) is 6.17 Å². The van der Waals surface area contributed by atoms with Gasteiger partial charge in [0.1, 0.15) is 6.17 Å². The average Bonchev–Trinajstić information content (AvgIpc) is 2.62. The lowest BCUT2D eigenvalue weighted by atomic mass is 9.91. The lowest BCUT2D eigenvalue weighted by Crippen LogP contribution is -2.08. The largest absolute Gasteiger partial charge is 0.242 e. The van der Waals surface area contributed by atoms with Gasteiger partial charge in [-0.25, -0.2) is 4.39 Å². The second-order valence-corrected chi connectivity index (χ2v) is 6.92. The van der Waals surface area contributed by atoms with E-state index >= 15 is 0 Å². The van der Waals surface area contributed by atoms with Gasteiger partial charge in [-0.15, -0.1) is 0 Å². The van der Waals surface area contributed by atoms with Crippen LogP contribution in [0.25, 0.3) is 0 Å². The summed E-state index contributed by atoms with van der Waals surface area (Å²) in [4.78, 5) is 0. The molecule has 0 saturated heterocycles. The van der Waals surface area contributed by atoms with Crippen LogP contribution in [0.5, 0.6) is 0 Å². The Kier molecular flexibility index (Phi) is 16.0. The van der Waals surface area contributed by atoms with Gasteiger partial charge in [-0.2, -0.15) is 0 Å². The lowest BCUT2D eigenvalue weighted by molar-refractivity contribution is 0.383. The average molecular weight is 361 g/mol. The van der Waals surface area contributed by atoms with E-state index in [1.807, 2.05) is 0 Å². The molecule has 26 heavy (non-hydrogen) atoms. The zero-order valence-corrected chi connectivity index (χ0v) is 17.9. The van der Waals surface area contributed by atoms with Gasteiger partial charge in [0.2, 0.25) is 0 Å². The summed E-state index contributed by atoms with van der Waals surface area (Å²) in [5.41, 5.74) is 5.24. The first kappa shape index (κ1) is 26.6. The molecule has 0 radical (unpaired) electrons. The number of hydrogen-bond acceptors (Lipinski definition) is 0. The summed E-state index contributed by atoms with van der Waals surface area (Å²) in [6, 6.07) is 0. The molecule has 148 valence electrons. The number of hydrogen-bond donors (Lipinski definition) is 0. The molecular formula is C25H41F. The Morgan fingerprint density at radius 1 is 0.654 bits per heavy atom. The standard InChI is InChI=1S/C22H33F.C3H8/c1-9-16(3)11-13-18(5)20(7)15-22(23)21(8)19(6)14-12-17(4)10-2;1-3-2/h22H,3-15H2,1-2H3;3H2,1-2H3. The first-order valence-corrected chi connectivity index (χ1v) is 9.84. The highest BCUT2D eigenvalue weighted by Gasteiger charge is 2.16. The molecule has 0 rings (SSSR count). The second-order valence-electron chi connectivity index (χ2n) is 6.92. The first-order valence-electron chi connectivity index (χ1n) is 9.84. The van der Waals surface area contributed by atoms with E-state index in [1.165, 1.54) is 12.0 Å². The van der Waals surface area contributed by atoms with E-state index in [-0.39, 0.29) is 6.42 Å². The van der Waals surface area contributed by atoms with Crippen molar-refractivity contribution in [3.63, 3.8) is 0 Å². The van der Waals surface area contributed by atoms with Crippen molar-refractivity contribution < 1.29 is 4.39 Å². The molecule has 1 heteroatoms. The predicted octanol–water partition coefficient (Wildman–Crippen LogP) is 8.85. The Labute approximate surface area is 163 Å². The maximum absolute atomic E-state index is 14.4. The van der Waals surface area contributed by atoms with E-state index in [4.69, 9.17) is 0 Å². The molecule has 0 nitrogen and oxygen atoms in total. The van der Waals surface area contributed by atoms with Gasteiger partial charge in [-0.05, 0) is 55.2 Å². The highest BCUT2D eigenvalue weighted by Crippen LogP contribution is 2.27. The third kappa shape index (κ3) is 12.7. The number of halogens is 1. The summed E-state index contributed by atoms with van der Waals surface area (Å²) in [6.07, 6.45) is 5.49. The number of allylic oxidation sites excluding steroid dienone is 6. The molecule has 0 aromatic rings. The second kappa shape index (κ2) is 15.6. The summed E-state index contributed by atoms with van der Waals surface area (Å²) in [5, 5.41) is 0. The maximum Gasteiger partial charge on any atom is 0.129 e. The van der Waals surface area contributed by atoms with E-state index in [2.05, 4.69) is 67.2 Å². The molecule has 0 aliphatic rings. The smallest absolute Gasteiger partial charge is 0.129 e. The fourth-order valence-electron chi connectivity index (χ4n) is 2.05. The van der Waals surface area contributed by atoms with Gasteiger partial charge >= 0.3 is 0 Å². The van der Waals surface area contributed by atoms with E-state index in [0.717, 1.165) is 60.8 Å². The van der Waals surface area contributed by atoms with E-state index in [0.29, 0.717) is 5.57 Å². The van der Waals surface area contributed by atoms with Crippen LogP contribution in [0.3, 0.4) is 0 Å². The number of alkyl halides is 1. The SMILES string of the molecule is C=C(CC)CCC(=C)C(=C)CC(F)C(=C)C(=C)CCC(=C)CC.CCC. The molecule has 0 N–H and O–H groups in total. The van der Waals surface area contributed by atoms with Gasteiger partial charge in [0.25, 0.3) is 0 Å². The van der Waals surface area contributed by atoms with Crippen LogP contribution < -0.4 is 0 Å². The fraction of sp³-hybridized carbons (Fsp3) is 0.520. The van der Waals surface area contributed by atoms with Crippen LogP contribution in [0, 0.1) is 0 Å². The monoisotopic (exact) mass is 360 g/mol. The van der Waals surface area contributed by atoms with E-state index in [9.17, 15) is 4.39 Å². The molecule has 1 atom stereocenters. The highest BCUT2D eigenvalue weighted by atomic mass is 19.1. The lowest BCUT2D eigenvalue weighted by Gasteiger charge is -2.17. The van der Waals surface area contributed by atoms with Crippen molar-refractivity contribution in [3.05, 3.63) is 72.9 Å². The normalized spacial score (nSPS) is 11.0. The van der Waals surface area contributed by atoms with Gasteiger partial charge in [-0.1, -0.05) is 90.3 Å². The Morgan fingerprint density at radius 3 is 1.42 bits per heavy atom. The zero-order chi connectivity index (χ0) is 20.7. The topological polar surface area (TPSA) is 0 Å². The van der Waals surface area contributed by atoms with Crippen molar-refractivity contribution in [2.24, 2.45) is 0 Å². The molecule has 0 saturated carbocycles. The van der Waals surface area contributed by atoms with Crippen LogP contribution >= 0.6 is 0 Å². The molecule has 0 heterocycles. The highest BCUT2D eigenvalue weighted by molar-refractivity contribution is 5.34. The Morgan fingerprint density at radius 2 is 1.04 bits per heavy atom. The minimum Gasteiger partial charge on any atom is -0.242 e. The molecule has 0 fully saturated rings. The fourth-order valence-corrected chi connectivity index (χ4v) is 2.05. The minimum atomic E-state index is -1.14.